The van der Waals surface area contributed by atoms with Crippen molar-refractivity contribution in [2.75, 3.05) is 10.8 Å². The number of sulfonamides is 1. The minimum absolute atomic E-state index is 0.00482. The molecule has 2 atom stereocenters. The highest BCUT2D eigenvalue weighted by Crippen LogP contribution is 2.27. The largest absolute Gasteiger partial charge is 0.352 e. The van der Waals surface area contributed by atoms with Crippen LogP contribution in [0.2, 0.25) is 10.0 Å². The molecule has 0 heterocycles. The molecule has 10 heteroatoms. The number of halogens is 2. The normalized spacial score (nSPS) is 12.6. The average molecular weight is 681 g/mol. The number of amides is 2. The van der Waals surface area contributed by atoms with Gasteiger partial charge < -0.3 is 10.2 Å². The molecular formula is C36H39Cl2N3O4S. The zero-order valence-corrected chi connectivity index (χ0v) is 28.5. The molecule has 0 aliphatic carbocycles. The van der Waals surface area contributed by atoms with Gasteiger partial charge in [-0.2, -0.15) is 0 Å². The van der Waals surface area contributed by atoms with Crippen molar-refractivity contribution in [1.29, 1.82) is 0 Å². The van der Waals surface area contributed by atoms with E-state index in [4.69, 9.17) is 23.2 Å². The van der Waals surface area contributed by atoms with Crippen LogP contribution in [0.15, 0.2) is 108 Å². The number of nitrogens with one attached hydrogen (secondary N) is 1. The summed E-state index contributed by atoms with van der Waals surface area (Å²) in [6, 6.07) is 28.4. The van der Waals surface area contributed by atoms with Gasteiger partial charge in [0, 0.05) is 19.0 Å². The summed E-state index contributed by atoms with van der Waals surface area (Å²) < 4.78 is 29.3. The number of nitrogens with zero attached hydrogens (tertiary/aromatic N) is 2. The van der Waals surface area contributed by atoms with Crippen LogP contribution >= 0.6 is 23.2 Å². The van der Waals surface area contributed by atoms with Crippen molar-refractivity contribution in [2.45, 2.75) is 63.6 Å². The minimum atomic E-state index is -4.17. The van der Waals surface area contributed by atoms with Crippen molar-refractivity contribution in [2.24, 2.45) is 0 Å². The Hall–Kier alpha value is -3.85. The Morgan fingerprint density at radius 2 is 1.39 bits per heavy atom. The van der Waals surface area contributed by atoms with E-state index in [0.717, 1.165) is 21.9 Å². The van der Waals surface area contributed by atoms with Gasteiger partial charge in [-0.15, -0.1) is 0 Å². The van der Waals surface area contributed by atoms with E-state index in [-0.39, 0.29) is 29.8 Å². The monoisotopic (exact) mass is 679 g/mol. The van der Waals surface area contributed by atoms with Gasteiger partial charge in [0.2, 0.25) is 11.8 Å². The van der Waals surface area contributed by atoms with Crippen molar-refractivity contribution < 1.29 is 18.0 Å². The quantitative estimate of drug-likeness (QED) is 0.151. The predicted octanol–water partition coefficient (Wildman–Crippen LogP) is 7.31. The second-order valence-corrected chi connectivity index (χ2v) is 13.8. The van der Waals surface area contributed by atoms with Gasteiger partial charge in [-0.1, -0.05) is 104 Å². The van der Waals surface area contributed by atoms with Crippen LogP contribution in [0, 0.1) is 0 Å². The SMILES string of the molecule is CCc1ccc(N(CC(=O)N(Cc2ccc(Cl)c(Cl)c2)C(Cc2ccccc2)C(=O)NC(C)CC)S(=O)(=O)c2ccccc2)cc1. The zero-order chi connectivity index (χ0) is 33.3. The second-order valence-electron chi connectivity index (χ2n) is 11.1. The average Bonchev–Trinajstić information content (AvgIpc) is 3.07. The highest BCUT2D eigenvalue weighted by molar-refractivity contribution is 7.92. The van der Waals surface area contributed by atoms with Crippen molar-refractivity contribution in [3.05, 3.63) is 130 Å². The molecule has 4 rings (SSSR count). The first kappa shape index (κ1) is 35.0. The molecule has 2 unspecified atom stereocenters. The molecule has 4 aromatic rings. The lowest BCUT2D eigenvalue weighted by Gasteiger charge is -2.34. The Morgan fingerprint density at radius 3 is 1.98 bits per heavy atom. The summed E-state index contributed by atoms with van der Waals surface area (Å²) >= 11 is 12.5. The molecule has 4 aromatic carbocycles. The van der Waals surface area contributed by atoms with E-state index in [0.29, 0.717) is 27.7 Å². The Labute approximate surface area is 282 Å². The van der Waals surface area contributed by atoms with Gasteiger partial charge in [0.1, 0.15) is 12.6 Å². The molecule has 0 aliphatic heterocycles. The summed E-state index contributed by atoms with van der Waals surface area (Å²) in [5, 5.41) is 3.69. The van der Waals surface area contributed by atoms with Crippen molar-refractivity contribution >= 4 is 50.7 Å². The van der Waals surface area contributed by atoms with Crippen LogP contribution in [0.3, 0.4) is 0 Å². The summed E-state index contributed by atoms with van der Waals surface area (Å²) in [6.45, 7) is 5.33. The number of hydrogen-bond acceptors (Lipinski definition) is 4. The number of carbonyl (C=O) groups is 2. The number of rotatable bonds is 14. The van der Waals surface area contributed by atoms with Crippen molar-refractivity contribution in [3.63, 3.8) is 0 Å². The summed E-state index contributed by atoms with van der Waals surface area (Å²) in [7, 11) is -4.17. The number of aryl methyl sites for hydroxylation is 1. The summed E-state index contributed by atoms with van der Waals surface area (Å²) in [5.41, 5.74) is 2.86. The molecule has 46 heavy (non-hydrogen) atoms. The summed E-state index contributed by atoms with van der Waals surface area (Å²) in [4.78, 5) is 30.0. The molecular weight excluding hydrogens is 641 g/mol. The third kappa shape index (κ3) is 8.90. The zero-order valence-electron chi connectivity index (χ0n) is 26.2. The number of anilines is 1. The molecule has 0 fully saturated rings. The van der Waals surface area contributed by atoms with Gasteiger partial charge in [0.25, 0.3) is 10.0 Å². The maximum atomic E-state index is 14.6. The standard InChI is InChI=1S/C36H39Cl2N3O4S/c1-4-26(3)39-36(43)34(23-28-12-8-6-9-13-28)40(24-29-18-21-32(37)33(38)22-29)35(42)25-41(30-19-16-27(5-2)17-20-30)46(44,45)31-14-10-7-11-15-31/h6-22,26,34H,4-5,23-25H2,1-3H3,(H,39,43). The third-order valence-electron chi connectivity index (χ3n) is 7.85. The number of carbonyl (C=O) groups excluding carboxylic acids is 2. The molecule has 0 spiro atoms. The maximum Gasteiger partial charge on any atom is 0.264 e. The molecule has 0 radical (unpaired) electrons. The van der Waals surface area contributed by atoms with Crippen LogP contribution in [-0.2, 0) is 39.0 Å². The Kier molecular flexibility index (Phi) is 12.3. The van der Waals surface area contributed by atoms with Crippen LogP contribution < -0.4 is 9.62 Å². The summed E-state index contributed by atoms with van der Waals surface area (Å²) in [6.07, 6.45) is 1.68. The third-order valence-corrected chi connectivity index (χ3v) is 10.4. The first-order chi connectivity index (χ1) is 22.0. The van der Waals surface area contributed by atoms with E-state index in [9.17, 15) is 18.0 Å². The van der Waals surface area contributed by atoms with Gasteiger partial charge in [-0.05, 0) is 72.9 Å². The lowest BCUT2D eigenvalue weighted by Crippen LogP contribution is -2.54. The molecule has 0 saturated heterocycles. The van der Waals surface area contributed by atoms with Gasteiger partial charge in [0.05, 0.1) is 20.6 Å². The van der Waals surface area contributed by atoms with Crippen LogP contribution in [0.25, 0.3) is 0 Å². The first-order valence-corrected chi connectivity index (χ1v) is 17.5. The molecule has 7 nitrogen and oxygen atoms in total. The predicted molar refractivity (Wildman–Crippen MR) is 186 cm³/mol. The van der Waals surface area contributed by atoms with Crippen LogP contribution in [0.4, 0.5) is 5.69 Å². The van der Waals surface area contributed by atoms with Gasteiger partial charge in [-0.3, -0.25) is 13.9 Å². The molecule has 0 saturated carbocycles. The molecule has 2 amide bonds. The highest BCUT2D eigenvalue weighted by atomic mass is 35.5. The van der Waals surface area contributed by atoms with Crippen LogP contribution in [0.5, 0.6) is 0 Å². The number of benzene rings is 4. The number of hydrogen-bond donors (Lipinski definition) is 1. The topological polar surface area (TPSA) is 86.8 Å². The Bertz CT molecular complexity index is 1720. The smallest absolute Gasteiger partial charge is 0.264 e. The maximum absolute atomic E-state index is 14.6. The van der Waals surface area contributed by atoms with E-state index in [1.807, 2.05) is 63.2 Å². The fourth-order valence-corrected chi connectivity index (χ4v) is 6.73. The van der Waals surface area contributed by atoms with Gasteiger partial charge >= 0.3 is 0 Å². The highest BCUT2D eigenvalue weighted by Gasteiger charge is 2.35. The molecule has 0 bridgehead atoms. The molecule has 1 N–H and O–H groups in total. The van der Waals surface area contributed by atoms with Crippen molar-refractivity contribution in [3.8, 4) is 0 Å². The fraction of sp³-hybridized carbons (Fsp3) is 0.278. The van der Waals surface area contributed by atoms with E-state index in [1.54, 1.807) is 48.5 Å². The van der Waals surface area contributed by atoms with E-state index in [1.165, 1.54) is 17.0 Å². The van der Waals surface area contributed by atoms with Gasteiger partial charge in [0.15, 0.2) is 0 Å². The lowest BCUT2D eigenvalue weighted by atomic mass is 10.0. The summed E-state index contributed by atoms with van der Waals surface area (Å²) in [5.74, 6) is -0.887. The molecule has 0 aliphatic rings. The second kappa shape index (κ2) is 16.1. The molecule has 0 aromatic heterocycles. The van der Waals surface area contributed by atoms with E-state index < -0.39 is 28.5 Å². The first-order valence-electron chi connectivity index (χ1n) is 15.3. The van der Waals surface area contributed by atoms with E-state index >= 15 is 0 Å². The van der Waals surface area contributed by atoms with Crippen LogP contribution in [0.1, 0.15) is 43.9 Å². The van der Waals surface area contributed by atoms with Crippen molar-refractivity contribution in [1.82, 2.24) is 10.2 Å². The van der Waals surface area contributed by atoms with E-state index in [2.05, 4.69) is 5.32 Å². The van der Waals surface area contributed by atoms with Gasteiger partial charge in [-0.25, -0.2) is 8.42 Å². The minimum Gasteiger partial charge on any atom is -0.352 e. The Balaban J connectivity index is 1.81. The fourth-order valence-electron chi connectivity index (χ4n) is 4.98. The lowest BCUT2D eigenvalue weighted by molar-refractivity contribution is -0.140. The molecule has 242 valence electrons. The van der Waals surface area contributed by atoms with Crippen LogP contribution in [-0.4, -0.2) is 43.8 Å². The Morgan fingerprint density at radius 1 is 0.783 bits per heavy atom.